The lowest BCUT2D eigenvalue weighted by Crippen LogP contribution is -2.26. The molecule has 2 saturated carbocycles. The van der Waals surface area contributed by atoms with E-state index in [1.54, 1.807) is 35.1 Å². The number of fused-ring (bicyclic) bond motifs is 2. The summed E-state index contributed by atoms with van der Waals surface area (Å²) in [6, 6.07) is 16.1. The number of pyridine rings is 4. The Labute approximate surface area is 366 Å². The minimum atomic E-state index is -1.14. The van der Waals surface area contributed by atoms with Crippen molar-refractivity contribution in [3.63, 3.8) is 0 Å². The molecule has 0 bridgehead atoms. The predicted octanol–water partition coefficient (Wildman–Crippen LogP) is 11.9. The summed E-state index contributed by atoms with van der Waals surface area (Å²) in [5.74, 6) is 2.75. The van der Waals surface area contributed by atoms with E-state index in [-0.39, 0.29) is 0 Å². The van der Waals surface area contributed by atoms with Gasteiger partial charge in [-0.2, -0.15) is 0 Å². The third kappa shape index (κ3) is 12.4. The van der Waals surface area contributed by atoms with Gasteiger partial charge >= 0.3 is 0 Å². The monoisotopic (exact) mass is 932 g/mol. The summed E-state index contributed by atoms with van der Waals surface area (Å²) in [6.07, 6.45) is 13.6. The van der Waals surface area contributed by atoms with Gasteiger partial charge in [-0.1, -0.05) is 87.6 Å². The van der Waals surface area contributed by atoms with E-state index in [4.69, 9.17) is 19.4 Å². The molecule has 0 aromatic carbocycles. The van der Waals surface area contributed by atoms with Gasteiger partial charge in [0.05, 0.1) is 22.1 Å². The van der Waals surface area contributed by atoms with Gasteiger partial charge in [0.25, 0.3) is 0 Å². The van der Waals surface area contributed by atoms with Gasteiger partial charge in [-0.15, -0.1) is 20.4 Å². The Hall–Kier alpha value is -3.33. The van der Waals surface area contributed by atoms with E-state index in [0.29, 0.717) is 25.3 Å². The van der Waals surface area contributed by atoms with Crippen LogP contribution in [-0.4, -0.2) is 83.2 Å². The zero-order chi connectivity index (χ0) is 41.4. The fourth-order valence-corrected chi connectivity index (χ4v) is 10.9. The van der Waals surface area contributed by atoms with Crippen molar-refractivity contribution in [3.05, 3.63) is 69.3 Å². The maximum atomic E-state index is 6.09. The molecule has 12 nitrogen and oxygen atoms in total. The van der Waals surface area contributed by atoms with Crippen molar-refractivity contribution in [2.24, 2.45) is 0 Å². The Morgan fingerprint density at radius 2 is 1.12 bits per heavy atom. The van der Waals surface area contributed by atoms with Crippen LogP contribution in [0, 0.1) is 0 Å². The van der Waals surface area contributed by atoms with Crippen LogP contribution in [0.4, 0.5) is 21.9 Å². The zero-order valence-corrected chi connectivity index (χ0v) is 40.5. The topological polar surface area (TPSA) is 128 Å². The number of anilines is 4. The molecule has 0 amide bonds. The van der Waals surface area contributed by atoms with Crippen LogP contribution in [0.3, 0.4) is 0 Å². The molecule has 0 N–H and O–H groups in total. The first-order chi connectivity index (χ1) is 28.4. The van der Waals surface area contributed by atoms with Gasteiger partial charge in [0.15, 0.2) is 0 Å². The van der Waals surface area contributed by atoms with Gasteiger partial charge in [0, 0.05) is 58.1 Å². The SMILES string of the molecule is C[Si](C)(C)CCOCN(c1ccc2ncc(Br)cc2n1)c1nnc(C2CCCC2)s1.C[Si](C)(C)CCOCN(c1ccc2ncccc2n1)c1nnc(C2CCCC2)s1. The minimum Gasteiger partial charge on any atom is -0.361 e. The molecular formula is C42H57BrN10O2S2Si2. The fourth-order valence-electron chi connectivity index (χ4n) is 7.07. The third-order valence-corrected chi connectivity index (χ3v) is 16.7. The molecule has 6 aromatic rings. The van der Waals surface area contributed by atoms with E-state index in [9.17, 15) is 0 Å². The number of ether oxygens (including phenoxy) is 2. The van der Waals surface area contributed by atoms with Crippen molar-refractivity contribution >= 4 is 98.7 Å². The lowest BCUT2D eigenvalue weighted by Gasteiger charge is -2.22. The zero-order valence-electron chi connectivity index (χ0n) is 35.2. The predicted molar refractivity (Wildman–Crippen MR) is 251 cm³/mol. The molecule has 59 heavy (non-hydrogen) atoms. The van der Waals surface area contributed by atoms with Gasteiger partial charge in [-0.05, 0) is 96.2 Å². The molecule has 2 aliphatic carbocycles. The Balaban J connectivity index is 0.000000179. The summed E-state index contributed by atoms with van der Waals surface area (Å²) in [4.78, 5) is 22.6. The largest absolute Gasteiger partial charge is 0.361 e. The average molecular weight is 934 g/mol. The quantitative estimate of drug-likeness (QED) is 0.0520. The van der Waals surface area contributed by atoms with Crippen LogP contribution in [0.5, 0.6) is 0 Å². The van der Waals surface area contributed by atoms with E-state index < -0.39 is 16.1 Å². The molecule has 2 aliphatic rings. The lowest BCUT2D eigenvalue weighted by atomic mass is 10.1. The second-order valence-corrected chi connectivity index (χ2v) is 32.1. The molecular weight excluding hydrogens is 877 g/mol. The number of aromatic nitrogens is 8. The van der Waals surface area contributed by atoms with Gasteiger partial charge in [-0.25, -0.2) is 9.97 Å². The number of hydrogen-bond donors (Lipinski definition) is 0. The summed E-state index contributed by atoms with van der Waals surface area (Å²) in [7, 11) is -2.27. The highest BCUT2D eigenvalue weighted by Gasteiger charge is 2.26. The van der Waals surface area contributed by atoms with Gasteiger partial charge in [0.2, 0.25) is 10.3 Å². The van der Waals surface area contributed by atoms with E-state index in [1.165, 1.54) is 51.4 Å². The normalized spacial score (nSPS) is 15.2. The first-order valence-corrected chi connectivity index (χ1v) is 30.7. The highest BCUT2D eigenvalue weighted by atomic mass is 79.9. The highest BCUT2D eigenvalue weighted by molar-refractivity contribution is 9.10. The van der Waals surface area contributed by atoms with E-state index in [1.807, 2.05) is 52.3 Å². The molecule has 0 saturated heterocycles. The molecule has 6 heterocycles. The number of hydrogen-bond acceptors (Lipinski definition) is 14. The van der Waals surface area contributed by atoms with Crippen LogP contribution in [0.1, 0.15) is 73.2 Å². The molecule has 0 atom stereocenters. The van der Waals surface area contributed by atoms with Gasteiger partial charge in [-0.3, -0.25) is 19.8 Å². The second-order valence-electron chi connectivity index (χ2n) is 17.9. The van der Waals surface area contributed by atoms with Crippen LogP contribution in [0.15, 0.2) is 59.3 Å². The third-order valence-electron chi connectivity index (χ3n) is 10.6. The molecule has 0 spiro atoms. The summed E-state index contributed by atoms with van der Waals surface area (Å²) in [5, 5.41) is 22.1. The summed E-state index contributed by atoms with van der Waals surface area (Å²) >= 11 is 6.84. The molecule has 314 valence electrons. The van der Waals surface area contributed by atoms with Crippen LogP contribution in [0.2, 0.25) is 51.4 Å². The van der Waals surface area contributed by atoms with Crippen molar-refractivity contribution < 1.29 is 9.47 Å². The molecule has 17 heteroatoms. The Bertz CT molecular complexity index is 2270. The molecule has 6 aromatic heterocycles. The lowest BCUT2D eigenvalue weighted by molar-refractivity contribution is 0.153. The highest BCUT2D eigenvalue weighted by Crippen LogP contribution is 2.40. The van der Waals surface area contributed by atoms with Crippen molar-refractivity contribution in [2.45, 2.75) is 115 Å². The van der Waals surface area contributed by atoms with Gasteiger partial charge < -0.3 is 9.47 Å². The van der Waals surface area contributed by atoms with Crippen molar-refractivity contribution in [1.82, 2.24) is 40.3 Å². The first kappa shape index (κ1) is 43.8. The summed E-state index contributed by atoms with van der Waals surface area (Å²) in [5.41, 5.74) is 3.47. The number of rotatable bonds is 16. The van der Waals surface area contributed by atoms with Crippen LogP contribution in [0.25, 0.3) is 22.1 Å². The average Bonchev–Trinajstić information content (AvgIpc) is 4.05. The fraction of sp³-hybridized carbons (Fsp3) is 0.524. The first-order valence-electron chi connectivity index (χ1n) is 20.9. The van der Waals surface area contributed by atoms with Crippen LogP contribution < -0.4 is 9.80 Å². The second kappa shape index (κ2) is 20.0. The number of nitrogens with zero attached hydrogens (tertiary/aromatic N) is 10. The molecule has 0 radical (unpaired) electrons. The molecule has 0 unspecified atom stereocenters. The Kier molecular flexibility index (Phi) is 14.9. The summed E-state index contributed by atoms with van der Waals surface area (Å²) < 4.78 is 13.1. The maximum absolute atomic E-state index is 6.09. The van der Waals surface area contributed by atoms with Crippen molar-refractivity contribution in [2.75, 3.05) is 36.5 Å². The van der Waals surface area contributed by atoms with E-state index >= 15 is 0 Å². The molecule has 2 fully saturated rings. The van der Waals surface area contributed by atoms with Crippen LogP contribution >= 0.6 is 38.6 Å². The maximum Gasteiger partial charge on any atom is 0.215 e. The standard InChI is InChI=1S/C21H28BrN5OSSi.C21H29N5OSSi/c1-30(2,3)11-10-28-14-27(21-26-25-20(29-21)15-6-4-5-7-15)19-9-8-17-18(24-19)12-16(22)13-23-17;1-29(2,3)14-13-27-15-26(19-11-10-17-18(23-19)9-6-12-22-17)21-25-24-20(28-21)16-7-4-5-8-16/h8-9,12-13,15H,4-7,10-11,14H2,1-3H3;6,9-12,16H,4-5,7-8,13-15H2,1-3H3. The Morgan fingerprint density at radius 1 is 0.627 bits per heavy atom. The minimum absolute atomic E-state index is 0.420. The molecule has 8 rings (SSSR count). The van der Waals surface area contributed by atoms with Crippen molar-refractivity contribution in [1.29, 1.82) is 0 Å². The molecule has 0 aliphatic heterocycles. The smallest absolute Gasteiger partial charge is 0.215 e. The van der Waals surface area contributed by atoms with Gasteiger partial charge in [0.1, 0.15) is 35.1 Å². The Morgan fingerprint density at radius 3 is 1.63 bits per heavy atom. The van der Waals surface area contributed by atoms with E-state index in [0.717, 1.165) is 83.8 Å². The number of halogens is 1. The summed E-state index contributed by atoms with van der Waals surface area (Å²) in [6.45, 7) is 16.6. The van der Waals surface area contributed by atoms with Crippen molar-refractivity contribution in [3.8, 4) is 0 Å². The van der Waals surface area contributed by atoms with E-state index in [2.05, 4.69) is 85.6 Å². The van der Waals surface area contributed by atoms with Crippen LogP contribution in [-0.2, 0) is 9.47 Å².